The Balaban J connectivity index is 1.86. The first-order valence-corrected chi connectivity index (χ1v) is 10.9. The van der Waals surface area contributed by atoms with Crippen molar-refractivity contribution in [3.8, 4) is 11.8 Å². The summed E-state index contributed by atoms with van der Waals surface area (Å²) < 4.78 is 32.2. The molecule has 0 spiro atoms. The van der Waals surface area contributed by atoms with E-state index in [4.69, 9.17) is 4.74 Å². The molecule has 1 aliphatic rings. The number of hydrogen-bond donors (Lipinski definition) is 0. The average molecular weight is 404 g/mol. The first kappa shape index (κ1) is 20.3. The molecule has 0 saturated carbocycles. The lowest BCUT2D eigenvalue weighted by atomic mass is 10.1. The highest BCUT2D eigenvalue weighted by atomic mass is 32.2. The largest absolute Gasteiger partial charge is 0.495 e. The molecule has 8 nitrogen and oxygen atoms in total. The van der Waals surface area contributed by atoms with Gasteiger partial charge in [-0.3, -0.25) is 9.69 Å². The van der Waals surface area contributed by atoms with Gasteiger partial charge in [-0.15, -0.1) is 0 Å². The second-order valence-corrected chi connectivity index (χ2v) is 9.02. The summed E-state index contributed by atoms with van der Waals surface area (Å²) in [7, 11) is -1.65. The van der Waals surface area contributed by atoms with Crippen LogP contribution in [-0.4, -0.2) is 74.1 Å². The van der Waals surface area contributed by atoms with Gasteiger partial charge in [0.1, 0.15) is 17.5 Å². The van der Waals surface area contributed by atoms with Crippen LogP contribution in [0.4, 0.5) is 0 Å². The zero-order valence-corrected chi connectivity index (χ0v) is 17.1. The van der Waals surface area contributed by atoms with Gasteiger partial charge < -0.3 is 9.30 Å². The summed E-state index contributed by atoms with van der Waals surface area (Å²) in [6, 6.07) is 7.61. The predicted octanol–water partition coefficient (Wildman–Crippen LogP) is 1.30. The van der Waals surface area contributed by atoms with Crippen molar-refractivity contribution in [2.24, 2.45) is 0 Å². The number of sulfonamides is 1. The summed E-state index contributed by atoms with van der Waals surface area (Å²) in [6.07, 6.45) is 1.98. The number of nitriles is 1. The third kappa shape index (κ3) is 3.76. The van der Waals surface area contributed by atoms with E-state index in [1.807, 2.05) is 10.6 Å². The summed E-state index contributed by atoms with van der Waals surface area (Å²) in [5.41, 5.74) is 1.78. The summed E-state index contributed by atoms with van der Waals surface area (Å²) in [6.45, 7) is 4.88. The van der Waals surface area contributed by atoms with Gasteiger partial charge in [-0.25, -0.2) is 8.42 Å². The molecule has 3 rings (SSSR count). The zero-order chi connectivity index (χ0) is 20.5. The van der Waals surface area contributed by atoms with E-state index in [0.717, 1.165) is 17.2 Å². The van der Waals surface area contributed by atoms with Crippen LogP contribution >= 0.6 is 0 Å². The van der Waals surface area contributed by atoms with E-state index in [1.54, 1.807) is 12.1 Å². The fraction of sp³-hybridized carbons (Fsp3) is 0.474. The van der Waals surface area contributed by atoms with Crippen molar-refractivity contribution in [2.75, 3.05) is 39.5 Å². The predicted molar refractivity (Wildman–Crippen MR) is 106 cm³/mol. The van der Waals surface area contributed by atoms with Gasteiger partial charge in [0.2, 0.25) is 10.0 Å². The Bertz CT molecular complexity index is 1030. The van der Waals surface area contributed by atoms with Crippen molar-refractivity contribution in [3.63, 3.8) is 0 Å². The van der Waals surface area contributed by atoms with Crippen LogP contribution < -0.4 is 4.74 Å². The molecule has 1 atom stereocenters. The van der Waals surface area contributed by atoms with E-state index in [-0.39, 0.29) is 6.04 Å². The molecule has 0 aliphatic carbocycles. The molecule has 2 aromatic rings. The number of aldehydes is 1. The lowest BCUT2D eigenvalue weighted by molar-refractivity contribution is 0.112. The number of rotatable bonds is 6. The molecule has 28 heavy (non-hydrogen) atoms. The summed E-state index contributed by atoms with van der Waals surface area (Å²) in [4.78, 5) is 13.5. The number of piperazine rings is 1. The quantitative estimate of drug-likeness (QED) is 0.674. The summed E-state index contributed by atoms with van der Waals surface area (Å²) >= 11 is 0. The molecule has 1 unspecified atom stereocenters. The van der Waals surface area contributed by atoms with Gasteiger partial charge in [-0.2, -0.15) is 9.57 Å². The maximum Gasteiger partial charge on any atom is 0.211 e. The van der Waals surface area contributed by atoms with Crippen LogP contribution in [0.25, 0.3) is 10.9 Å². The third-order valence-corrected chi connectivity index (χ3v) is 6.63. The van der Waals surface area contributed by atoms with Gasteiger partial charge in [0.25, 0.3) is 0 Å². The van der Waals surface area contributed by atoms with E-state index in [9.17, 15) is 18.5 Å². The highest BCUT2D eigenvalue weighted by Crippen LogP contribution is 2.32. The van der Waals surface area contributed by atoms with Gasteiger partial charge in [-0.05, 0) is 25.1 Å². The molecule has 1 aliphatic heterocycles. The molecule has 0 bridgehead atoms. The molecule has 0 amide bonds. The summed E-state index contributed by atoms with van der Waals surface area (Å²) in [5, 5.41) is 10.3. The minimum absolute atomic E-state index is 0.112. The molecule has 1 fully saturated rings. The van der Waals surface area contributed by atoms with Crippen LogP contribution in [0, 0.1) is 11.3 Å². The normalized spacial score (nSPS) is 17.4. The van der Waals surface area contributed by atoms with Crippen LogP contribution in [0.2, 0.25) is 0 Å². The van der Waals surface area contributed by atoms with Gasteiger partial charge in [0.15, 0.2) is 6.29 Å². The number of carbonyl (C=O) groups excluding carboxylic acids is 1. The molecule has 0 radical (unpaired) electrons. The molecule has 2 heterocycles. The number of fused-ring (bicyclic) bond motifs is 1. The fourth-order valence-electron chi connectivity index (χ4n) is 3.79. The minimum Gasteiger partial charge on any atom is -0.495 e. The molecule has 1 aromatic carbocycles. The smallest absolute Gasteiger partial charge is 0.211 e. The molecular weight excluding hydrogens is 380 g/mol. The topological polar surface area (TPSA) is 95.6 Å². The maximum absolute atomic E-state index is 11.7. The lowest BCUT2D eigenvalue weighted by Crippen LogP contribution is -2.51. The first-order chi connectivity index (χ1) is 13.3. The van der Waals surface area contributed by atoms with Crippen LogP contribution in [0.15, 0.2) is 18.2 Å². The molecule has 0 N–H and O–H groups in total. The Morgan fingerprint density at radius 2 is 1.96 bits per heavy atom. The van der Waals surface area contributed by atoms with Crippen molar-refractivity contribution in [1.29, 1.82) is 5.26 Å². The highest BCUT2D eigenvalue weighted by Gasteiger charge is 2.27. The molecular formula is C19H24N4O4S. The monoisotopic (exact) mass is 404 g/mol. The maximum atomic E-state index is 11.7. The van der Waals surface area contributed by atoms with Crippen LogP contribution in [0.5, 0.6) is 5.75 Å². The second-order valence-electron chi connectivity index (χ2n) is 7.04. The van der Waals surface area contributed by atoms with Crippen molar-refractivity contribution in [2.45, 2.75) is 19.5 Å². The standard InChI is InChI=1S/C19H24N4O4S/c1-14(21-6-8-22(9-7-21)28(3,25)26)12-23-16(11-20)10-17-18(23)5-4-15(13-24)19(17)27-2/h4-5,10,13-14H,6-9,12H2,1-3H3. The number of benzene rings is 1. The van der Waals surface area contributed by atoms with E-state index >= 15 is 0 Å². The van der Waals surface area contributed by atoms with Crippen LogP contribution in [-0.2, 0) is 16.6 Å². The SMILES string of the molecule is COc1c(C=O)ccc2c1cc(C#N)n2CC(C)N1CCN(S(C)(=O)=O)CC1. The first-order valence-electron chi connectivity index (χ1n) is 9.04. The third-order valence-electron chi connectivity index (χ3n) is 5.32. The van der Waals surface area contributed by atoms with Crippen molar-refractivity contribution >= 4 is 27.2 Å². The van der Waals surface area contributed by atoms with E-state index in [1.165, 1.54) is 17.7 Å². The zero-order valence-electron chi connectivity index (χ0n) is 16.3. The number of aromatic nitrogens is 1. The van der Waals surface area contributed by atoms with Crippen LogP contribution in [0.3, 0.4) is 0 Å². The number of methoxy groups -OCH3 is 1. The Morgan fingerprint density at radius 3 is 2.50 bits per heavy atom. The van der Waals surface area contributed by atoms with E-state index < -0.39 is 10.0 Å². The Morgan fingerprint density at radius 1 is 1.29 bits per heavy atom. The average Bonchev–Trinajstić information content (AvgIpc) is 3.04. The molecule has 150 valence electrons. The Labute approximate surface area is 164 Å². The molecule has 1 aromatic heterocycles. The minimum atomic E-state index is -3.16. The highest BCUT2D eigenvalue weighted by molar-refractivity contribution is 7.88. The lowest BCUT2D eigenvalue weighted by Gasteiger charge is -2.37. The second kappa shape index (κ2) is 7.91. The van der Waals surface area contributed by atoms with Crippen molar-refractivity contribution < 1.29 is 17.9 Å². The number of hydrogen-bond acceptors (Lipinski definition) is 6. The van der Waals surface area contributed by atoms with Gasteiger partial charge in [0, 0.05) is 44.2 Å². The van der Waals surface area contributed by atoms with Gasteiger partial charge in [-0.1, -0.05) is 0 Å². The van der Waals surface area contributed by atoms with Crippen molar-refractivity contribution in [3.05, 3.63) is 29.5 Å². The van der Waals surface area contributed by atoms with Crippen LogP contribution in [0.1, 0.15) is 23.0 Å². The van der Waals surface area contributed by atoms with E-state index in [0.29, 0.717) is 49.7 Å². The van der Waals surface area contributed by atoms with E-state index in [2.05, 4.69) is 17.9 Å². The Hall–Kier alpha value is -2.41. The summed E-state index contributed by atoms with van der Waals surface area (Å²) in [5.74, 6) is 0.470. The fourth-order valence-corrected chi connectivity index (χ4v) is 4.62. The van der Waals surface area contributed by atoms with Gasteiger partial charge in [0.05, 0.1) is 24.4 Å². The Kier molecular flexibility index (Phi) is 5.74. The molecule has 1 saturated heterocycles. The van der Waals surface area contributed by atoms with Gasteiger partial charge >= 0.3 is 0 Å². The van der Waals surface area contributed by atoms with Crippen molar-refractivity contribution in [1.82, 2.24) is 13.8 Å². The number of carbonyl (C=O) groups is 1. The number of ether oxygens (including phenoxy) is 1. The molecule has 9 heteroatoms. The number of nitrogens with zero attached hydrogens (tertiary/aromatic N) is 4.